The molecule has 0 bridgehead atoms. The van der Waals surface area contributed by atoms with Gasteiger partial charge in [0.25, 0.3) is 0 Å². The Morgan fingerprint density at radius 1 is 1.29 bits per heavy atom. The van der Waals surface area contributed by atoms with Crippen LogP contribution in [0.3, 0.4) is 0 Å². The van der Waals surface area contributed by atoms with Gasteiger partial charge in [0.05, 0.1) is 0 Å². The number of aliphatic carboxylic acids is 1. The van der Waals surface area contributed by atoms with E-state index in [1.807, 2.05) is 0 Å². The first-order chi connectivity index (χ1) is 9.82. The van der Waals surface area contributed by atoms with Crippen LogP contribution >= 0.6 is 0 Å². The maximum Gasteiger partial charge on any atom is 0.411 e. The van der Waals surface area contributed by atoms with Crippen LogP contribution < -0.4 is 5.32 Å². The van der Waals surface area contributed by atoms with Gasteiger partial charge in [-0.1, -0.05) is 37.3 Å². The molecule has 2 N–H and O–H groups in total. The fourth-order valence-corrected chi connectivity index (χ4v) is 2.08. The van der Waals surface area contributed by atoms with Gasteiger partial charge in [-0.15, -0.1) is 0 Å². The molecule has 0 heterocycles. The number of alkyl halides is 3. The molecule has 21 heavy (non-hydrogen) atoms. The second kappa shape index (κ2) is 7.42. The first kappa shape index (κ1) is 17.5. The minimum atomic E-state index is -4.42. The number of rotatable bonds is 8. The maximum atomic E-state index is 12.0. The van der Waals surface area contributed by atoms with Gasteiger partial charge in [-0.3, -0.25) is 5.32 Å². The number of carboxylic acid groups (broad SMARTS) is 1. The molecule has 0 aliphatic rings. The summed E-state index contributed by atoms with van der Waals surface area (Å²) >= 11 is 0. The molecular formula is C14H18F3NO3. The van der Waals surface area contributed by atoms with E-state index >= 15 is 0 Å². The Bertz CT molecular complexity index is 451. The van der Waals surface area contributed by atoms with Crippen LogP contribution in [-0.2, 0) is 15.1 Å². The van der Waals surface area contributed by atoms with E-state index in [4.69, 9.17) is 0 Å². The molecule has 0 aromatic heterocycles. The third kappa shape index (κ3) is 5.02. The van der Waals surface area contributed by atoms with Gasteiger partial charge in [-0.2, -0.15) is 13.2 Å². The Morgan fingerprint density at radius 3 is 2.38 bits per heavy atom. The first-order valence-electron chi connectivity index (χ1n) is 6.50. The molecule has 0 spiro atoms. The highest BCUT2D eigenvalue weighted by atomic mass is 19.4. The summed E-state index contributed by atoms with van der Waals surface area (Å²) in [5, 5.41) is 12.4. The molecule has 1 aromatic carbocycles. The van der Waals surface area contributed by atoms with Crippen LogP contribution in [0.5, 0.6) is 0 Å². The highest BCUT2D eigenvalue weighted by Gasteiger charge is 2.39. The number of carboxylic acids is 1. The van der Waals surface area contributed by atoms with Crippen molar-refractivity contribution in [3.8, 4) is 0 Å². The normalized spacial score (nSPS) is 14.7. The van der Waals surface area contributed by atoms with E-state index in [1.165, 1.54) is 0 Å². The fraction of sp³-hybridized carbons (Fsp3) is 0.500. The summed E-state index contributed by atoms with van der Waals surface area (Å²) in [7, 11) is 0. The third-order valence-electron chi connectivity index (χ3n) is 3.00. The van der Waals surface area contributed by atoms with Crippen LogP contribution in [0.25, 0.3) is 0 Å². The quantitative estimate of drug-likeness (QED) is 0.725. The Morgan fingerprint density at radius 2 is 1.90 bits per heavy atom. The number of carbonyl (C=O) groups is 1. The maximum absolute atomic E-state index is 12.0. The van der Waals surface area contributed by atoms with Crippen molar-refractivity contribution in [2.75, 3.05) is 19.8 Å². The molecule has 0 amide bonds. The van der Waals surface area contributed by atoms with Crippen molar-refractivity contribution in [1.82, 2.24) is 5.32 Å². The number of hydrogen-bond donors (Lipinski definition) is 2. The molecule has 0 aliphatic heterocycles. The van der Waals surface area contributed by atoms with E-state index in [-0.39, 0.29) is 13.0 Å². The summed E-state index contributed by atoms with van der Waals surface area (Å²) in [6, 6.07) is 8.35. The lowest BCUT2D eigenvalue weighted by Crippen LogP contribution is -2.50. The Labute approximate surface area is 120 Å². The third-order valence-corrected chi connectivity index (χ3v) is 3.00. The second-order valence-corrected chi connectivity index (χ2v) is 4.52. The van der Waals surface area contributed by atoms with Crippen molar-refractivity contribution < 1.29 is 27.8 Å². The standard InChI is InChI=1S/C14H18F3NO3/c1-2-18-13(12(19)20,11-6-4-3-5-7-11)8-9-21-10-14(15,16)17/h3-7,18H,2,8-10H2,1H3,(H,19,20). The lowest BCUT2D eigenvalue weighted by Gasteiger charge is -2.31. The SMILES string of the molecule is CCNC(CCOCC(F)(F)F)(C(=O)O)c1ccccc1. The zero-order valence-corrected chi connectivity index (χ0v) is 11.6. The zero-order chi connectivity index (χ0) is 15.9. The topological polar surface area (TPSA) is 58.6 Å². The van der Waals surface area contributed by atoms with Crippen LogP contribution in [0.4, 0.5) is 13.2 Å². The van der Waals surface area contributed by atoms with Crippen LogP contribution in [0, 0.1) is 0 Å². The summed E-state index contributed by atoms with van der Waals surface area (Å²) in [6.45, 7) is 0.398. The van der Waals surface area contributed by atoms with E-state index in [2.05, 4.69) is 10.1 Å². The summed E-state index contributed by atoms with van der Waals surface area (Å²) < 4.78 is 40.7. The molecule has 0 saturated carbocycles. The van der Waals surface area contributed by atoms with Gasteiger partial charge in [-0.05, 0) is 12.1 Å². The van der Waals surface area contributed by atoms with Gasteiger partial charge >= 0.3 is 12.1 Å². The highest BCUT2D eigenvalue weighted by Crippen LogP contribution is 2.26. The monoisotopic (exact) mass is 305 g/mol. The van der Waals surface area contributed by atoms with Gasteiger partial charge in [0.2, 0.25) is 0 Å². The summed E-state index contributed by atoms with van der Waals surface area (Å²) in [5.41, 5.74) is -0.975. The smallest absolute Gasteiger partial charge is 0.411 e. The van der Waals surface area contributed by atoms with Crippen LogP contribution in [0.15, 0.2) is 30.3 Å². The van der Waals surface area contributed by atoms with Gasteiger partial charge in [-0.25, -0.2) is 4.79 Å². The molecular weight excluding hydrogens is 287 g/mol. The lowest BCUT2D eigenvalue weighted by molar-refractivity contribution is -0.175. The predicted octanol–water partition coefficient (Wildman–Crippen LogP) is 2.55. The molecule has 1 aromatic rings. The molecule has 0 saturated heterocycles. The molecule has 7 heteroatoms. The predicted molar refractivity (Wildman–Crippen MR) is 70.9 cm³/mol. The second-order valence-electron chi connectivity index (χ2n) is 4.52. The number of nitrogens with one attached hydrogen (secondary N) is 1. The van der Waals surface area contributed by atoms with Crippen molar-refractivity contribution in [2.45, 2.75) is 25.1 Å². The van der Waals surface area contributed by atoms with Crippen LogP contribution in [0.2, 0.25) is 0 Å². The Hall–Kier alpha value is -1.60. The molecule has 1 rings (SSSR count). The number of likely N-dealkylation sites (N-methyl/N-ethyl adjacent to an activating group) is 1. The summed E-state index contributed by atoms with van der Waals surface area (Å²) in [5.74, 6) is -1.15. The minimum absolute atomic E-state index is 0.101. The van der Waals surface area contributed by atoms with E-state index in [1.54, 1.807) is 37.3 Å². The molecule has 4 nitrogen and oxygen atoms in total. The van der Waals surface area contributed by atoms with Gasteiger partial charge in [0.15, 0.2) is 0 Å². The number of hydrogen-bond acceptors (Lipinski definition) is 3. The van der Waals surface area contributed by atoms with Crippen molar-refractivity contribution in [2.24, 2.45) is 0 Å². The largest absolute Gasteiger partial charge is 0.480 e. The van der Waals surface area contributed by atoms with Crippen molar-refractivity contribution in [1.29, 1.82) is 0 Å². The minimum Gasteiger partial charge on any atom is -0.480 e. The number of ether oxygens (including phenoxy) is 1. The lowest BCUT2D eigenvalue weighted by atomic mass is 9.86. The van der Waals surface area contributed by atoms with E-state index in [0.717, 1.165) is 0 Å². The van der Waals surface area contributed by atoms with Gasteiger partial charge in [0.1, 0.15) is 12.1 Å². The molecule has 0 aliphatic carbocycles. The van der Waals surface area contributed by atoms with Crippen molar-refractivity contribution in [3.05, 3.63) is 35.9 Å². The van der Waals surface area contributed by atoms with Crippen molar-refractivity contribution >= 4 is 5.97 Å². The average molecular weight is 305 g/mol. The average Bonchev–Trinajstić information content (AvgIpc) is 2.42. The summed E-state index contributed by atoms with van der Waals surface area (Å²) in [6.07, 6.45) is -4.52. The van der Waals surface area contributed by atoms with Crippen LogP contribution in [-0.4, -0.2) is 37.0 Å². The molecule has 0 fully saturated rings. The van der Waals surface area contributed by atoms with Gasteiger partial charge < -0.3 is 9.84 Å². The molecule has 1 unspecified atom stereocenters. The number of halogens is 3. The van der Waals surface area contributed by atoms with Gasteiger partial charge in [0, 0.05) is 13.0 Å². The van der Waals surface area contributed by atoms with E-state index in [0.29, 0.717) is 12.1 Å². The fourth-order valence-electron chi connectivity index (χ4n) is 2.08. The number of benzene rings is 1. The zero-order valence-electron chi connectivity index (χ0n) is 11.6. The Kier molecular flexibility index (Phi) is 6.17. The van der Waals surface area contributed by atoms with E-state index in [9.17, 15) is 23.1 Å². The van der Waals surface area contributed by atoms with Crippen molar-refractivity contribution in [3.63, 3.8) is 0 Å². The highest BCUT2D eigenvalue weighted by molar-refractivity contribution is 5.80. The molecule has 118 valence electrons. The Balaban J connectivity index is 2.85. The summed E-state index contributed by atoms with van der Waals surface area (Å²) in [4.78, 5) is 11.7. The van der Waals surface area contributed by atoms with E-state index < -0.39 is 24.3 Å². The van der Waals surface area contributed by atoms with Crippen LogP contribution in [0.1, 0.15) is 18.9 Å². The first-order valence-corrected chi connectivity index (χ1v) is 6.50. The molecule has 0 radical (unpaired) electrons. The molecule has 1 atom stereocenters.